The molecule has 0 radical (unpaired) electrons. The first kappa shape index (κ1) is 22.6. The lowest BCUT2D eigenvalue weighted by Gasteiger charge is -2.71. The molecule has 0 heterocycles. The summed E-state index contributed by atoms with van der Waals surface area (Å²) in [6.45, 7) is 18.4. The van der Waals surface area contributed by atoms with E-state index in [1.54, 1.807) is 6.08 Å². The van der Waals surface area contributed by atoms with Crippen molar-refractivity contribution in [1.82, 2.24) is 0 Å². The standard InChI is InChI=1S/C26H43N.C3H6/c1-22(2)12-7-13-23(3)20(22)11-15-25(5)21(23)10-9-18-19-8-6-14-26(19,27)17-16-24(18,25)4;1-3-2/h7,12,18-21H,6,8-11,13-17,27H2,1-5H3;3H,1H2,2H3/t18?,19?,20?,21?,23?,24-,25?,26?;/m1./s1. The molecule has 30 heavy (non-hydrogen) atoms. The van der Waals surface area contributed by atoms with Gasteiger partial charge in [0, 0.05) is 5.54 Å². The molecular formula is C29H49N. The summed E-state index contributed by atoms with van der Waals surface area (Å²) in [5.74, 6) is 3.44. The Bertz CT molecular complexity index is 705. The minimum atomic E-state index is 0.185. The fourth-order valence-corrected chi connectivity index (χ4v) is 10.2. The zero-order valence-corrected chi connectivity index (χ0v) is 20.9. The molecule has 0 aliphatic heterocycles. The van der Waals surface area contributed by atoms with Crippen LogP contribution in [0.3, 0.4) is 0 Å². The van der Waals surface area contributed by atoms with Crippen LogP contribution in [0.1, 0.15) is 106 Å². The van der Waals surface area contributed by atoms with E-state index in [2.05, 4.69) is 53.3 Å². The van der Waals surface area contributed by atoms with E-state index in [1.165, 1.54) is 64.2 Å². The molecule has 0 saturated heterocycles. The van der Waals surface area contributed by atoms with E-state index >= 15 is 0 Å². The van der Waals surface area contributed by atoms with Crippen molar-refractivity contribution in [1.29, 1.82) is 0 Å². The molecule has 0 aromatic rings. The zero-order valence-electron chi connectivity index (χ0n) is 20.9. The van der Waals surface area contributed by atoms with E-state index in [9.17, 15) is 0 Å². The van der Waals surface area contributed by atoms with Crippen molar-refractivity contribution in [3.63, 3.8) is 0 Å². The fraction of sp³-hybridized carbons (Fsp3) is 0.862. The highest BCUT2D eigenvalue weighted by Gasteiger charge is 2.68. The molecule has 5 aliphatic carbocycles. The Labute approximate surface area is 187 Å². The summed E-state index contributed by atoms with van der Waals surface area (Å²) in [7, 11) is 0. The molecule has 170 valence electrons. The lowest BCUT2D eigenvalue weighted by Crippen LogP contribution is -2.66. The number of fused-ring (bicyclic) bond motifs is 7. The third-order valence-corrected chi connectivity index (χ3v) is 11.7. The van der Waals surface area contributed by atoms with E-state index in [1.807, 2.05) is 6.92 Å². The maximum absolute atomic E-state index is 7.00. The first-order valence-electron chi connectivity index (χ1n) is 13.0. The van der Waals surface area contributed by atoms with Crippen LogP contribution in [0.4, 0.5) is 0 Å². The number of rotatable bonds is 0. The first-order chi connectivity index (χ1) is 14.0. The molecule has 4 saturated carbocycles. The van der Waals surface area contributed by atoms with Crippen LogP contribution in [0, 0.1) is 45.3 Å². The first-order valence-corrected chi connectivity index (χ1v) is 13.0. The van der Waals surface area contributed by atoms with Crippen LogP contribution < -0.4 is 5.73 Å². The summed E-state index contributed by atoms with van der Waals surface area (Å²) >= 11 is 0. The molecule has 5 rings (SSSR count). The van der Waals surface area contributed by atoms with Gasteiger partial charge in [-0.15, -0.1) is 6.58 Å². The Kier molecular flexibility index (Phi) is 5.45. The molecule has 0 spiro atoms. The molecule has 4 fully saturated rings. The maximum Gasteiger partial charge on any atom is 0.0185 e. The normalized spacial score (nSPS) is 53.3. The van der Waals surface area contributed by atoms with Crippen LogP contribution in [-0.4, -0.2) is 5.54 Å². The highest BCUT2D eigenvalue weighted by atomic mass is 14.8. The molecule has 5 aliphatic rings. The molecule has 0 amide bonds. The van der Waals surface area contributed by atoms with Gasteiger partial charge in [-0.1, -0.05) is 59.3 Å². The number of hydrogen-bond acceptors (Lipinski definition) is 1. The van der Waals surface area contributed by atoms with Gasteiger partial charge in [0.25, 0.3) is 0 Å². The summed E-state index contributed by atoms with van der Waals surface area (Å²) in [6, 6.07) is 0. The summed E-state index contributed by atoms with van der Waals surface area (Å²) < 4.78 is 0. The molecule has 2 N–H and O–H groups in total. The second-order valence-corrected chi connectivity index (χ2v) is 13.2. The average molecular weight is 412 g/mol. The van der Waals surface area contributed by atoms with Crippen LogP contribution in [0.15, 0.2) is 24.8 Å². The minimum absolute atomic E-state index is 0.185. The average Bonchev–Trinajstić information content (AvgIpc) is 3.04. The van der Waals surface area contributed by atoms with Crippen LogP contribution in [0.25, 0.3) is 0 Å². The van der Waals surface area contributed by atoms with Crippen LogP contribution in [-0.2, 0) is 0 Å². The third kappa shape index (κ3) is 2.89. The van der Waals surface area contributed by atoms with Crippen molar-refractivity contribution in [2.75, 3.05) is 0 Å². The molecule has 0 aromatic carbocycles. The Balaban J connectivity index is 0.000000687. The molecule has 0 aromatic heterocycles. The van der Waals surface area contributed by atoms with E-state index in [-0.39, 0.29) is 5.54 Å². The summed E-state index contributed by atoms with van der Waals surface area (Å²) in [5, 5.41) is 0. The quantitative estimate of drug-likeness (QED) is 0.403. The molecule has 8 atom stereocenters. The molecule has 1 heteroatoms. The molecule has 0 bridgehead atoms. The smallest absolute Gasteiger partial charge is 0.0185 e. The Morgan fingerprint density at radius 1 is 0.833 bits per heavy atom. The second kappa shape index (κ2) is 7.23. The van der Waals surface area contributed by atoms with E-state index < -0.39 is 0 Å². The van der Waals surface area contributed by atoms with Gasteiger partial charge in [0.05, 0.1) is 0 Å². The minimum Gasteiger partial charge on any atom is -0.325 e. The highest BCUT2D eigenvalue weighted by molar-refractivity contribution is 5.21. The van der Waals surface area contributed by atoms with Crippen LogP contribution >= 0.6 is 0 Å². The monoisotopic (exact) mass is 411 g/mol. The van der Waals surface area contributed by atoms with Crippen LogP contribution in [0.5, 0.6) is 0 Å². The van der Waals surface area contributed by atoms with Gasteiger partial charge < -0.3 is 5.73 Å². The van der Waals surface area contributed by atoms with Gasteiger partial charge in [0.2, 0.25) is 0 Å². The van der Waals surface area contributed by atoms with Crippen molar-refractivity contribution in [2.45, 2.75) is 111 Å². The van der Waals surface area contributed by atoms with Gasteiger partial charge in [-0.25, -0.2) is 0 Å². The third-order valence-electron chi connectivity index (χ3n) is 11.7. The summed E-state index contributed by atoms with van der Waals surface area (Å²) in [6.07, 6.45) is 20.7. The lowest BCUT2D eigenvalue weighted by molar-refractivity contribution is -0.215. The fourth-order valence-electron chi connectivity index (χ4n) is 10.2. The Morgan fingerprint density at radius 2 is 1.53 bits per heavy atom. The van der Waals surface area contributed by atoms with Crippen molar-refractivity contribution in [3.8, 4) is 0 Å². The van der Waals surface area contributed by atoms with E-state index in [4.69, 9.17) is 5.73 Å². The van der Waals surface area contributed by atoms with E-state index in [0.717, 1.165) is 23.7 Å². The maximum atomic E-state index is 7.00. The van der Waals surface area contributed by atoms with Crippen molar-refractivity contribution >= 4 is 0 Å². The van der Waals surface area contributed by atoms with Gasteiger partial charge in [0.15, 0.2) is 0 Å². The lowest BCUT2D eigenvalue weighted by atomic mass is 9.33. The number of nitrogens with two attached hydrogens (primary N) is 1. The number of allylic oxidation sites excluding steroid dienone is 3. The van der Waals surface area contributed by atoms with Crippen LogP contribution in [0.2, 0.25) is 0 Å². The summed E-state index contributed by atoms with van der Waals surface area (Å²) in [4.78, 5) is 0. The Morgan fingerprint density at radius 3 is 2.23 bits per heavy atom. The zero-order chi connectivity index (χ0) is 22.0. The van der Waals surface area contributed by atoms with Gasteiger partial charge in [-0.05, 0) is 110 Å². The van der Waals surface area contributed by atoms with Gasteiger partial charge >= 0.3 is 0 Å². The highest BCUT2D eigenvalue weighted by Crippen LogP contribution is 2.75. The van der Waals surface area contributed by atoms with Gasteiger partial charge in [-0.2, -0.15) is 0 Å². The number of hydrogen-bond donors (Lipinski definition) is 1. The largest absolute Gasteiger partial charge is 0.325 e. The molecular weight excluding hydrogens is 362 g/mol. The molecule has 1 nitrogen and oxygen atoms in total. The topological polar surface area (TPSA) is 26.0 Å². The second-order valence-electron chi connectivity index (χ2n) is 13.2. The SMILES string of the molecule is C=CC.CC1(C)C=CCC2(C)C1CCC1(C)C2CCC2C3CCCC3(N)CC[C@]21C. The van der Waals surface area contributed by atoms with Crippen molar-refractivity contribution in [2.24, 2.45) is 51.1 Å². The Hall–Kier alpha value is -0.560. The van der Waals surface area contributed by atoms with E-state index in [0.29, 0.717) is 21.7 Å². The van der Waals surface area contributed by atoms with Gasteiger partial charge in [0.1, 0.15) is 0 Å². The predicted octanol–water partition coefficient (Wildman–Crippen LogP) is 7.91. The summed E-state index contributed by atoms with van der Waals surface area (Å²) in [5.41, 5.74) is 9.06. The van der Waals surface area contributed by atoms with Crippen molar-refractivity contribution in [3.05, 3.63) is 24.8 Å². The molecule has 7 unspecified atom stereocenters. The van der Waals surface area contributed by atoms with Gasteiger partial charge in [-0.3, -0.25) is 0 Å². The van der Waals surface area contributed by atoms with Crippen molar-refractivity contribution < 1.29 is 0 Å². The predicted molar refractivity (Wildman–Crippen MR) is 130 cm³/mol.